The third kappa shape index (κ3) is 4.84. The van der Waals surface area contributed by atoms with E-state index in [-0.39, 0.29) is 0 Å². The smallest absolute Gasteiger partial charge is 0.223 e. The first-order chi connectivity index (χ1) is 13.2. The Labute approximate surface area is 161 Å². The largest absolute Gasteiger partial charge is 0.340 e. The molecule has 0 amide bonds. The molecule has 0 saturated carbocycles. The molecule has 0 N–H and O–H groups in total. The lowest BCUT2D eigenvalue weighted by atomic mass is 9.94. The summed E-state index contributed by atoms with van der Waals surface area (Å²) >= 11 is 0. The Morgan fingerprint density at radius 2 is 2.19 bits per heavy atom. The average molecular weight is 371 g/mol. The molecule has 0 unspecified atom stereocenters. The van der Waals surface area contributed by atoms with Crippen LogP contribution in [0.25, 0.3) is 0 Å². The number of aryl methyl sites for hydroxylation is 2. The van der Waals surface area contributed by atoms with Crippen molar-refractivity contribution in [3.8, 4) is 0 Å². The Kier molecular flexibility index (Phi) is 5.69. The third-order valence-electron chi connectivity index (χ3n) is 5.45. The van der Waals surface area contributed by atoms with Crippen LogP contribution in [0.2, 0.25) is 0 Å². The fourth-order valence-corrected chi connectivity index (χ4v) is 4.19. The minimum Gasteiger partial charge on any atom is -0.340 e. The molecule has 0 fully saturated rings. The van der Waals surface area contributed by atoms with E-state index in [0.717, 1.165) is 37.1 Å². The molecule has 1 aliphatic heterocycles. The molecule has 0 spiro atoms. The molecule has 1 aliphatic carbocycles. The molecule has 3 heterocycles. The van der Waals surface area contributed by atoms with Crippen molar-refractivity contribution >= 4 is 0 Å². The summed E-state index contributed by atoms with van der Waals surface area (Å²) in [5.74, 6) is 2.15. The summed E-state index contributed by atoms with van der Waals surface area (Å²) in [6, 6.07) is 2.27. The SMILES string of the molecule is Cc1nc(CN(C)Cc2cc3n(n2)CCCN(C[C@H]2CC=CCC2)C3)no1. The zero-order valence-electron chi connectivity index (χ0n) is 16.5. The Morgan fingerprint density at radius 3 is 2.96 bits per heavy atom. The molecule has 0 bridgehead atoms. The van der Waals surface area contributed by atoms with E-state index in [1.54, 1.807) is 0 Å². The maximum Gasteiger partial charge on any atom is 0.223 e. The van der Waals surface area contributed by atoms with Crippen LogP contribution in [0.4, 0.5) is 0 Å². The molecule has 0 aromatic carbocycles. The van der Waals surface area contributed by atoms with Gasteiger partial charge in [-0.05, 0) is 44.7 Å². The monoisotopic (exact) mass is 370 g/mol. The summed E-state index contributed by atoms with van der Waals surface area (Å²) in [6.07, 6.45) is 9.67. The minimum atomic E-state index is 0.612. The maximum absolute atomic E-state index is 5.05. The van der Waals surface area contributed by atoms with Gasteiger partial charge in [0.05, 0.1) is 17.9 Å². The predicted molar refractivity (Wildman–Crippen MR) is 103 cm³/mol. The quantitative estimate of drug-likeness (QED) is 0.729. The van der Waals surface area contributed by atoms with E-state index >= 15 is 0 Å². The number of fused-ring (bicyclic) bond motifs is 1. The molecular formula is C20H30N6O. The molecule has 2 aromatic rings. The van der Waals surface area contributed by atoms with Gasteiger partial charge in [0.1, 0.15) is 0 Å². The van der Waals surface area contributed by atoms with Gasteiger partial charge in [-0.25, -0.2) is 0 Å². The fourth-order valence-electron chi connectivity index (χ4n) is 4.19. The highest BCUT2D eigenvalue weighted by Gasteiger charge is 2.20. The Morgan fingerprint density at radius 1 is 1.26 bits per heavy atom. The number of aromatic nitrogens is 4. The molecule has 1 atom stereocenters. The second-order valence-electron chi connectivity index (χ2n) is 7.99. The van der Waals surface area contributed by atoms with Crippen molar-refractivity contribution < 1.29 is 4.52 Å². The minimum absolute atomic E-state index is 0.612. The topological polar surface area (TPSA) is 63.2 Å². The predicted octanol–water partition coefficient (Wildman–Crippen LogP) is 2.77. The van der Waals surface area contributed by atoms with Crippen LogP contribution in [0.5, 0.6) is 0 Å². The molecule has 4 rings (SSSR count). The van der Waals surface area contributed by atoms with E-state index in [1.165, 1.54) is 44.5 Å². The highest BCUT2D eigenvalue weighted by molar-refractivity contribution is 5.11. The van der Waals surface area contributed by atoms with Gasteiger partial charge in [0.15, 0.2) is 5.82 Å². The van der Waals surface area contributed by atoms with Gasteiger partial charge in [0.25, 0.3) is 0 Å². The molecule has 0 radical (unpaired) electrons. The van der Waals surface area contributed by atoms with Gasteiger partial charge in [-0.15, -0.1) is 0 Å². The molecule has 2 aromatic heterocycles. The van der Waals surface area contributed by atoms with Crippen LogP contribution in [-0.2, 0) is 26.2 Å². The molecule has 146 valence electrons. The van der Waals surface area contributed by atoms with Crippen molar-refractivity contribution in [1.29, 1.82) is 0 Å². The lowest BCUT2D eigenvalue weighted by Gasteiger charge is -2.26. The van der Waals surface area contributed by atoms with Gasteiger partial charge in [-0.3, -0.25) is 14.5 Å². The van der Waals surface area contributed by atoms with E-state index in [2.05, 4.69) is 49.9 Å². The van der Waals surface area contributed by atoms with Gasteiger partial charge in [-0.2, -0.15) is 10.1 Å². The van der Waals surface area contributed by atoms with E-state index in [1.807, 2.05) is 6.92 Å². The van der Waals surface area contributed by atoms with Gasteiger partial charge < -0.3 is 4.52 Å². The Hall–Kier alpha value is -1.99. The molecule has 7 nitrogen and oxygen atoms in total. The average Bonchev–Trinajstić information content (AvgIpc) is 3.16. The van der Waals surface area contributed by atoms with Crippen molar-refractivity contribution in [2.24, 2.45) is 5.92 Å². The number of allylic oxidation sites excluding steroid dienone is 2. The molecular weight excluding hydrogens is 340 g/mol. The third-order valence-corrected chi connectivity index (χ3v) is 5.45. The number of hydrogen-bond donors (Lipinski definition) is 0. The van der Waals surface area contributed by atoms with Crippen LogP contribution in [0.15, 0.2) is 22.7 Å². The standard InChI is InChI=1S/C20H30N6O/c1-16-21-20(23-27-16)15-24(2)13-18-11-19-14-25(9-6-10-26(19)22-18)12-17-7-4-3-5-8-17/h3-4,11,17H,5-10,12-15H2,1-2H3/t17-/m0/s1. The van der Waals surface area contributed by atoms with Crippen molar-refractivity contribution in [2.75, 3.05) is 20.1 Å². The summed E-state index contributed by atoms with van der Waals surface area (Å²) < 4.78 is 7.26. The summed E-state index contributed by atoms with van der Waals surface area (Å²) in [7, 11) is 2.07. The van der Waals surface area contributed by atoms with Crippen LogP contribution in [-0.4, -0.2) is 49.9 Å². The van der Waals surface area contributed by atoms with E-state index in [0.29, 0.717) is 12.4 Å². The highest BCUT2D eigenvalue weighted by Crippen LogP contribution is 2.22. The Bertz CT molecular complexity index is 779. The first-order valence-electron chi connectivity index (χ1n) is 10.1. The zero-order chi connectivity index (χ0) is 18.6. The molecule has 7 heteroatoms. The van der Waals surface area contributed by atoms with E-state index in [9.17, 15) is 0 Å². The van der Waals surface area contributed by atoms with Crippen LogP contribution >= 0.6 is 0 Å². The van der Waals surface area contributed by atoms with Gasteiger partial charge in [0, 0.05) is 39.6 Å². The van der Waals surface area contributed by atoms with Crippen molar-refractivity contribution in [3.05, 3.63) is 41.3 Å². The van der Waals surface area contributed by atoms with Crippen molar-refractivity contribution in [2.45, 2.75) is 58.8 Å². The second-order valence-corrected chi connectivity index (χ2v) is 7.99. The summed E-state index contributed by atoms with van der Waals surface area (Å²) in [6.45, 7) is 7.70. The van der Waals surface area contributed by atoms with Crippen molar-refractivity contribution in [3.63, 3.8) is 0 Å². The van der Waals surface area contributed by atoms with Crippen LogP contribution in [0, 0.1) is 12.8 Å². The number of rotatable bonds is 6. The number of nitrogens with zero attached hydrogens (tertiary/aromatic N) is 6. The summed E-state index contributed by atoms with van der Waals surface area (Å²) in [4.78, 5) is 9.08. The first kappa shape index (κ1) is 18.4. The Balaban J connectivity index is 1.35. The van der Waals surface area contributed by atoms with Crippen LogP contribution in [0.1, 0.15) is 48.8 Å². The van der Waals surface area contributed by atoms with Crippen LogP contribution < -0.4 is 0 Å². The summed E-state index contributed by atoms with van der Waals surface area (Å²) in [5.41, 5.74) is 2.47. The molecule has 0 saturated heterocycles. The van der Waals surface area contributed by atoms with Crippen molar-refractivity contribution in [1.82, 2.24) is 29.7 Å². The molecule has 2 aliphatic rings. The second kappa shape index (κ2) is 8.35. The lowest BCUT2D eigenvalue weighted by molar-refractivity contribution is 0.218. The highest BCUT2D eigenvalue weighted by atomic mass is 16.5. The molecule has 27 heavy (non-hydrogen) atoms. The maximum atomic E-state index is 5.05. The van der Waals surface area contributed by atoms with Gasteiger partial charge in [0.2, 0.25) is 5.89 Å². The van der Waals surface area contributed by atoms with E-state index in [4.69, 9.17) is 9.62 Å². The van der Waals surface area contributed by atoms with Gasteiger partial charge in [-0.1, -0.05) is 17.3 Å². The lowest BCUT2D eigenvalue weighted by Crippen LogP contribution is -2.29. The summed E-state index contributed by atoms with van der Waals surface area (Å²) in [5, 5.41) is 8.83. The fraction of sp³-hybridized carbons (Fsp3) is 0.650. The van der Waals surface area contributed by atoms with Gasteiger partial charge >= 0.3 is 0 Å². The normalized spacial score (nSPS) is 20.8. The zero-order valence-corrected chi connectivity index (χ0v) is 16.5. The van der Waals surface area contributed by atoms with E-state index < -0.39 is 0 Å². The number of hydrogen-bond acceptors (Lipinski definition) is 6. The first-order valence-corrected chi connectivity index (χ1v) is 10.1. The van der Waals surface area contributed by atoms with Crippen LogP contribution in [0.3, 0.4) is 0 Å².